The maximum atomic E-state index is 11.7. The molecule has 0 bridgehead atoms. The molecule has 0 aromatic heterocycles. The Balaban J connectivity index is 2.50. The molecule has 1 saturated carbocycles. The van der Waals surface area contributed by atoms with Crippen LogP contribution in [-0.4, -0.2) is 49.1 Å². The Morgan fingerprint density at radius 2 is 2.05 bits per heavy atom. The van der Waals surface area contributed by atoms with Gasteiger partial charge in [-0.3, -0.25) is 10.1 Å². The lowest BCUT2D eigenvalue weighted by molar-refractivity contribution is -0.149. The molecule has 5 nitrogen and oxygen atoms in total. The van der Waals surface area contributed by atoms with Crippen molar-refractivity contribution in [3.05, 3.63) is 0 Å². The van der Waals surface area contributed by atoms with Crippen molar-refractivity contribution in [1.29, 1.82) is 0 Å². The second-order valence-electron chi connectivity index (χ2n) is 6.24. The Labute approximate surface area is 122 Å². The highest BCUT2D eigenvalue weighted by Crippen LogP contribution is 2.40. The van der Waals surface area contributed by atoms with Crippen molar-refractivity contribution in [2.75, 3.05) is 26.9 Å². The fourth-order valence-corrected chi connectivity index (χ4v) is 2.20. The average molecular weight is 287 g/mol. The number of nitrogens with one attached hydrogen (secondary N) is 1. The second kappa shape index (κ2) is 7.38. The molecular formula is C15H29NO4. The van der Waals surface area contributed by atoms with Gasteiger partial charge in [0.2, 0.25) is 0 Å². The Morgan fingerprint density at radius 1 is 1.40 bits per heavy atom. The maximum Gasteiger partial charge on any atom is 0.326 e. The van der Waals surface area contributed by atoms with Gasteiger partial charge in [0, 0.05) is 13.7 Å². The third kappa shape index (κ3) is 4.72. The number of carboxylic acids is 1. The molecule has 0 aromatic carbocycles. The van der Waals surface area contributed by atoms with Gasteiger partial charge in [-0.2, -0.15) is 0 Å². The smallest absolute Gasteiger partial charge is 0.326 e. The topological polar surface area (TPSA) is 67.8 Å². The van der Waals surface area contributed by atoms with Crippen molar-refractivity contribution in [2.45, 2.75) is 57.6 Å². The first-order valence-electron chi connectivity index (χ1n) is 7.49. The minimum absolute atomic E-state index is 0.196. The van der Waals surface area contributed by atoms with Crippen molar-refractivity contribution in [1.82, 2.24) is 5.32 Å². The summed E-state index contributed by atoms with van der Waals surface area (Å²) in [5.41, 5.74) is -1.14. The van der Waals surface area contributed by atoms with E-state index in [2.05, 4.69) is 5.32 Å². The molecular weight excluding hydrogens is 258 g/mol. The van der Waals surface area contributed by atoms with Gasteiger partial charge in [-0.15, -0.1) is 0 Å². The predicted octanol–water partition coefficient (Wildman–Crippen LogP) is 2.05. The van der Waals surface area contributed by atoms with E-state index in [1.54, 1.807) is 7.11 Å². The molecule has 1 fully saturated rings. The van der Waals surface area contributed by atoms with Crippen LogP contribution in [0, 0.1) is 5.92 Å². The van der Waals surface area contributed by atoms with Crippen LogP contribution in [0.4, 0.5) is 0 Å². The molecule has 0 heterocycles. The molecule has 20 heavy (non-hydrogen) atoms. The molecule has 1 atom stereocenters. The quantitative estimate of drug-likeness (QED) is 0.569. The number of ether oxygens (including phenoxy) is 2. The number of aliphatic carboxylic acids is 1. The Hall–Kier alpha value is -0.650. The molecule has 0 amide bonds. The first-order valence-corrected chi connectivity index (χ1v) is 7.49. The third-order valence-corrected chi connectivity index (χ3v) is 4.08. The molecule has 5 heteroatoms. The van der Waals surface area contributed by atoms with Gasteiger partial charge in [-0.25, -0.2) is 0 Å². The van der Waals surface area contributed by atoms with Crippen molar-refractivity contribution < 1.29 is 19.4 Å². The molecule has 2 N–H and O–H groups in total. The van der Waals surface area contributed by atoms with Crippen LogP contribution in [0.2, 0.25) is 0 Å². The van der Waals surface area contributed by atoms with Gasteiger partial charge in [0.05, 0.1) is 12.2 Å². The SMILES string of the molecule is CCCNC(COCCC(C)(C)OC)(C(=O)O)C1CC1. The zero-order valence-corrected chi connectivity index (χ0v) is 13.2. The Kier molecular flexibility index (Phi) is 6.43. The van der Waals surface area contributed by atoms with Crippen molar-refractivity contribution in [2.24, 2.45) is 5.92 Å². The summed E-state index contributed by atoms with van der Waals surface area (Å²) < 4.78 is 11.0. The van der Waals surface area contributed by atoms with Crippen molar-refractivity contribution in [3.63, 3.8) is 0 Å². The number of rotatable bonds is 11. The van der Waals surface area contributed by atoms with Gasteiger partial charge in [0.25, 0.3) is 0 Å². The van der Waals surface area contributed by atoms with Crippen LogP contribution in [0.15, 0.2) is 0 Å². The molecule has 0 saturated heterocycles. The zero-order chi connectivity index (χ0) is 15.2. The highest BCUT2D eigenvalue weighted by Gasteiger charge is 2.51. The molecule has 1 aliphatic carbocycles. The van der Waals surface area contributed by atoms with E-state index in [1.807, 2.05) is 20.8 Å². The summed E-state index contributed by atoms with van der Waals surface area (Å²) in [5.74, 6) is -0.596. The van der Waals surface area contributed by atoms with E-state index in [0.29, 0.717) is 13.2 Å². The normalized spacial score (nSPS) is 18.8. The molecule has 1 rings (SSSR count). The summed E-state index contributed by atoms with van der Waals surface area (Å²) in [7, 11) is 1.68. The minimum Gasteiger partial charge on any atom is -0.480 e. The number of carbonyl (C=O) groups is 1. The van der Waals surface area contributed by atoms with Crippen LogP contribution in [0.25, 0.3) is 0 Å². The molecule has 1 unspecified atom stereocenters. The molecule has 118 valence electrons. The lowest BCUT2D eigenvalue weighted by Crippen LogP contribution is -2.57. The zero-order valence-electron chi connectivity index (χ0n) is 13.2. The van der Waals surface area contributed by atoms with Gasteiger partial charge in [-0.1, -0.05) is 6.92 Å². The maximum absolute atomic E-state index is 11.7. The monoisotopic (exact) mass is 287 g/mol. The first-order chi connectivity index (χ1) is 9.38. The largest absolute Gasteiger partial charge is 0.480 e. The molecule has 0 spiro atoms. The lowest BCUT2D eigenvalue weighted by Gasteiger charge is -2.31. The Morgan fingerprint density at radius 3 is 2.50 bits per heavy atom. The van der Waals surface area contributed by atoms with Crippen LogP contribution < -0.4 is 5.32 Å². The van der Waals surface area contributed by atoms with Gasteiger partial charge in [-0.05, 0) is 52.0 Å². The predicted molar refractivity (Wildman–Crippen MR) is 77.9 cm³/mol. The summed E-state index contributed by atoms with van der Waals surface area (Å²) in [6.45, 7) is 7.47. The van der Waals surface area contributed by atoms with Gasteiger partial charge >= 0.3 is 5.97 Å². The van der Waals surface area contributed by atoms with Gasteiger partial charge in [0.1, 0.15) is 5.54 Å². The van der Waals surface area contributed by atoms with Crippen LogP contribution in [-0.2, 0) is 14.3 Å². The summed E-state index contributed by atoms with van der Waals surface area (Å²) in [5, 5.41) is 12.8. The van der Waals surface area contributed by atoms with Crippen LogP contribution in [0.1, 0.15) is 46.5 Å². The third-order valence-electron chi connectivity index (χ3n) is 4.08. The summed E-state index contributed by atoms with van der Waals surface area (Å²) in [4.78, 5) is 11.7. The van der Waals surface area contributed by atoms with E-state index in [-0.39, 0.29) is 18.1 Å². The number of hydrogen-bond acceptors (Lipinski definition) is 4. The fraction of sp³-hybridized carbons (Fsp3) is 0.933. The highest BCUT2D eigenvalue weighted by molar-refractivity contribution is 5.80. The summed E-state index contributed by atoms with van der Waals surface area (Å²) >= 11 is 0. The number of carboxylic acid groups (broad SMARTS) is 1. The van der Waals surface area contributed by atoms with E-state index < -0.39 is 11.5 Å². The van der Waals surface area contributed by atoms with E-state index >= 15 is 0 Å². The molecule has 0 aliphatic heterocycles. The summed E-state index contributed by atoms with van der Waals surface area (Å²) in [6, 6.07) is 0. The van der Waals surface area contributed by atoms with Crippen LogP contribution in [0.3, 0.4) is 0 Å². The summed E-state index contributed by atoms with van der Waals surface area (Å²) in [6.07, 6.45) is 3.60. The standard InChI is InChI=1S/C15H29NO4/c1-5-9-16-15(13(17)18,12-6-7-12)11-20-10-8-14(2,3)19-4/h12,16H,5-11H2,1-4H3,(H,17,18). The fourth-order valence-electron chi connectivity index (χ4n) is 2.20. The highest BCUT2D eigenvalue weighted by atomic mass is 16.5. The second-order valence-corrected chi connectivity index (χ2v) is 6.24. The molecule has 0 radical (unpaired) electrons. The number of methoxy groups -OCH3 is 1. The van der Waals surface area contributed by atoms with E-state index in [1.165, 1.54) is 0 Å². The Bertz CT molecular complexity index is 315. The van der Waals surface area contributed by atoms with E-state index in [4.69, 9.17) is 9.47 Å². The first kappa shape index (κ1) is 17.4. The van der Waals surface area contributed by atoms with Crippen LogP contribution in [0.5, 0.6) is 0 Å². The lowest BCUT2D eigenvalue weighted by atomic mass is 9.94. The average Bonchev–Trinajstić information content (AvgIpc) is 3.22. The van der Waals surface area contributed by atoms with E-state index in [9.17, 15) is 9.90 Å². The molecule has 0 aromatic rings. The van der Waals surface area contributed by atoms with Gasteiger partial charge in [0.15, 0.2) is 0 Å². The van der Waals surface area contributed by atoms with E-state index in [0.717, 1.165) is 25.7 Å². The van der Waals surface area contributed by atoms with Crippen LogP contribution >= 0.6 is 0 Å². The number of hydrogen-bond donors (Lipinski definition) is 2. The minimum atomic E-state index is -0.909. The van der Waals surface area contributed by atoms with Crippen molar-refractivity contribution in [3.8, 4) is 0 Å². The molecule has 1 aliphatic rings. The van der Waals surface area contributed by atoms with Gasteiger partial charge < -0.3 is 14.6 Å². The van der Waals surface area contributed by atoms with Crippen molar-refractivity contribution >= 4 is 5.97 Å².